The fourth-order valence-electron chi connectivity index (χ4n) is 8.56. The summed E-state index contributed by atoms with van der Waals surface area (Å²) in [6.45, 7) is 0. The first-order chi connectivity index (χ1) is 25.3. The van der Waals surface area contributed by atoms with E-state index in [9.17, 15) is 0 Å². The second kappa shape index (κ2) is 11.1. The van der Waals surface area contributed by atoms with Gasteiger partial charge in [-0.3, -0.25) is 0 Å². The van der Waals surface area contributed by atoms with Gasteiger partial charge in [0.15, 0.2) is 0 Å². The van der Waals surface area contributed by atoms with Crippen LogP contribution in [-0.2, 0) is 0 Å². The first-order valence-corrected chi connectivity index (χ1v) is 18.4. The molecular weight excluding hydrogens is 633 g/mol. The third-order valence-corrected chi connectivity index (χ3v) is 11.9. The molecule has 0 aliphatic rings. The van der Waals surface area contributed by atoms with E-state index >= 15 is 0 Å². The van der Waals surface area contributed by atoms with Gasteiger partial charge in [-0.2, -0.15) is 0 Å². The van der Waals surface area contributed by atoms with Gasteiger partial charge in [-0.05, 0) is 118 Å². The molecule has 0 unspecified atom stereocenters. The summed E-state index contributed by atoms with van der Waals surface area (Å²) in [6.07, 6.45) is 0. The first kappa shape index (κ1) is 28.5. The van der Waals surface area contributed by atoms with Crippen molar-refractivity contribution in [1.29, 1.82) is 0 Å². The predicted molar refractivity (Wildman–Crippen MR) is 223 cm³/mol. The van der Waals surface area contributed by atoms with Gasteiger partial charge < -0.3 is 0 Å². The maximum absolute atomic E-state index is 2.45. The molecule has 11 rings (SSSR count). The second-order valence-electron chi connectivity index (χ2n) is 13.6. The normalized spacial score (nSPS) is 11.9. The number of benzene rings is 10. The summed E-state index contributed by atoms with van der Waals surface area (Å²) in [5.74, 6) is 0. The fraction of sp³-hybridized carbons (Fsp3) is 0. The summed E-state index contributed by atoms with van der Waals surface area (Å²) in [5.41, 5.74) is 7.51. The van der Waals surface area contributed by atoms with Gasteiger partial charge in [-0.25, -0.2) is 0 Å². The fourth-order valence-corrected chi connectivity index (χ4v) is 9.69. The number of hydrogen-bond acceptors (Lipinski definition) is 1. The van der Waals surface area contributed by atoms with E-state index in [4.69, 9.17) is 0 Å². The summed E-state index contributed by atoms with van der Waals surface area (Å²) in [7, 11) is 0. The van der Waals surface area contributed by atoms with Crippen LogP contribution >= 0.6 is 11.3 Å². The van der Waals surface area contributed by atoms with Gasteiger partial charge in [0.05, 0.1) is 0 Å². The number of rotatable bonds is 3. The Bertz CT molecular complexity index is 3130. The molecule has 0 spiro atoms. The molecule has 51 heavy (non-hydrogen) atoms. The lowest BCUT2D eigenvalue weighted by molar-refractivity contribution is 1.61. The lowest BCUT2D eigenvalue weighted by atomic mass is 9.84. The highest BCUT2D eigenvalue weighted by Gasteiger charge is 2.19. The van der Waals surface area contributed by atoms with Crippen LogP contribution in [0.3, 0.4) is 0 Å². The Labute approximate surface area is 299 Å². The zero-order valence-electron chi connectivity index (χ0n) is 27.7. The number of hydrogen-bond donors (Lipinski definition) is 0. The van der Waals surface area contributed by atoms with Gasteiger partial charge in [-0.15, -0.1) is 11.3 Å². The summed E-state index contributed by atoms with van der Waals surface area (Å²) in [4.78, 5) is 0. The monoisotopic (exact) mass is 662 g/mol. The van der Waals surface area contributed by atoms with Crippen molar-refractivity contribution in [3.63, 3.8) is 0 Å². The zero-order valence-corrected chi connectivity index (χ0v) is 28.5. The highest BCUT2D eigenvalue weighted by atomic mass is 32.1. The van der Waals surface area contributed by atoms with Gasteiger partial charge >= 0.3 is 0 Å². The lowest BCUT2D eigenvalue weighted by Crippen LogP contribution is -1.92. The Kier molecular flexibility index (Phi) is 6.22. The van der Waals surface area contributed by atoms with Crippen LogP contribution in [0.4, 0.5) is 0 Å². The van der Waals surface area contributed by atoms with Crippen molar-refractivity contribution in [1.82, 2.24) is 0 Å². The van der Waals surface area contributed by atoms with Gasteiger partial charge in [0.2, 0.25) is 0 Å². The van der Waals surface area contributed by atoms with Crippen molar-refractivity contribution in [2.24, 2.45) is 0 Å². The second-order valence-corrected chi connectivity index (χ2v) is 14.7. The van der Waals surface area contributed by atoms with Crippen molar-refractivity contribution >= 4 is 85.4 Å². The average molecular weight is 663 g/mol. The topological polar surface area (TPSA) is 0 Å². The smallest absolute Gasteiger partial charge is 0.0362 e. The van der Waals surface area contributed by atoms with Crippen molar-refractivity contribution in [3.8, 4) is 33.4 Å². The molecule has 0 fully saturated rings. The molecule has 236 valence electrons. The van der Waals surface area contributed by atoms with Crippen molar-refractivity contribution in [3.05, 3.63) is 182 Å². The van der Waals surface area contributed by atoms with Crippen molar-refractivity contribution in [2.75, 3.05) is 0 Å². The Morgan fingerprint density at radius 2 is 0.686 bits per heavy atom. The molecule has 0 N–H and O–H groups in total. The highest BCUT2D eigenvalue weighted by Crippen LogP contribution is 2.47. The molecule has 0 bridgehead atoms. The molecule has 0 aliphatic carbocycles. The van der Waals surface area contributed by atoms with Crippen molar-refractivity contribution in [2.45, 2.75) is 0 Å². The molecular formula is C50H30S. The van der Waals surface area contributed by atoms with Gasteiger partial charge in [0.1, 0.15) is 0 Å². The average Bonchev–Trinajstić information content (AvgIpc) is 3.57. The van der Waals surface area contributed by atoms with Crippen LogP contribution in [0.25, 0.3) is 107 Å². The Morgan fingerprint density at radius 1 is 0.216 bits per heavy atom. The molecule has 0 amide bonds. The largest absolute Gasteiger partial charge is 0.135 e. The summed E-state index contributed by atoms with van der Waals surface area (Å²) >= 11 is 1.89. The highest BCUT2D eigenvalue weighted by molar-refractivity contribution is 7.25. The summed E-state index contributed by atoms with van der Waals surface area (Å²) in [6, 6.07) is 67.5. The molecule has 0 aliphatic heterocycles. The minimum atomic E-state index is 1.23. The van der Waals surface area contributed by atoms with Crippen LogP contribution < -0.4 is 0 Å². The molecule has 1 aromatic heterocycles. The molecule has 1 heterocycles. The molecule has 0 nitrogen and oxygen atoms in total. The van der Waals surface area contributed by atoms with Crippen LogP contribution in [0.1, 0.15) is 0 Å². The number of thiophene rings is 1. The molecule has 1 heteroatoms. The molecule has 0 saturated carbocycles. The molecule has 0 radical (unpaired) electrons. The minimum absolute atomic E-state index is 1.23. The summed E-state index contributed by atoms with van der Waals surface area (Å²) in [5, 5.41) is 15.6. The zero-order chi connectivity index (χ0) is 33.5. The maximum Gasteiger partial charge on any atom is 0.0362 e. The van der Waals surface area contributed by atoms with Crippen LogP contribution in [-0.4, -0.2) is 0 Å². The van der Waals surface area contributed by atoms with E-state index in [-0.39, 0.29) is 0 Å². The Balaban J connectivity index is 1.20. The molecule has 0 atom stereocenters. The van der Waals surface area contributed by atoms with Crippen LogP contribution in [0.5, 0.6) is 0 Å². The van der Waals surface area contributed by atoms with Crippen LogP contribution in [0.15, 0.2) is 182 Å². The minimum Gasteiger partial charge on any atom is -0.135 e. The van der Waals surface area contributed by atoms with Gasteiger partial charge in [0, 0.05) is 20.2 Å². The third-order valence-electron chi connectivity index (χ3n) is 10.8. The summed E-state index contributed by atoms with van der Waals surface area (Å²) < 4.78 is 2.68. The van der Waals surface area contributed by atoms with E-state index < -0.39 is 0 Å². The van der Waals surface area contributed by atoms with E-state index in [1.807, 2.05) is 11.3 Å². The predicted octanol–water partition coefficient (Wildman–Crippen LogP) is 14.8. The molecule has 0 saturated heterocycles. The Hall–Kier alpha value is -6.28. The SMILES string of the molecule is c1ccc(-c2cccc(-c3c4ccccc4c(-c4ccc5c(c4)c4ccccc4c4cc6c(cc54)sc4ccccc46)c4ccccc34)c2)cc1. The maximum atomic E-state index is 2.45. The standard InChI is InChI=1S/C50H30S/c1-2-13-31(14-3-1)32-15-12-16-33(27-32)49-39-20-6-8-22-41(39)50(42-23-9-7-21-40(42)49)34-25-26-37-43(28-34)35-17-4-5-18-36(35)44-29-46-38-19-10-11-24-47(38)51-48(46)30-45(37)44/h1-30H. The lowest BCUT2D eigenvalue weighted by Gasteiger charge is -2.19. The quantitative estimate of drug-likeness (QED) is 0.130. The molecule has 11 aromatic rings. The van der Waals surface area contributed by atoms with E-state index in [2.05, 4.69) is 182 Å². The Morgan fingerprint density at radius 3 is 1.35 bits per heavy atom. The third kappa shape index (κ3) is 4.32. The van der Waals surface area contributed by atoms with Crippen LogP contribution in [0, 0.1) is 0 Å². The van der Waals surface area contributed by atoms with Gasteiger partial charge in [0.25, 0.3) is 0 Å². The first-order valence-electron chi connectivity index (χ1n) is 17.6. The molecule has 10 aromatic carbocycles. The van der Waals surface area contributed by atoms with E-state index in [1.165, 1.54) is 107 Å². The van der Waals surface area contributed by atoms with E-state index in [0.717, 1.165) is 0 Å². The number of fused-ring (bicyclic) bond motifs is 11. The van der Waals surface area contributed by atoms with E-state index in [0.29, 0.717) is 0 Å². The van der Waals surface area contributed by atoms with Crippen LogP contribution in [0.2, 0.25) is 0 Å². The van der Waals surface area contributed by atoms with Gasteiger partial charge in [-0.1, -0.05) is 152 Å². The van der Waals surface area contributed by atoms with Crippen molar-refractivity contribution < 1.29 is 0 Å². The van der Waals surface area contributed by atoms with E-state index in [1.54, 1.807) is 0 Å².